The molecule has 0 amide bonds. The summed E-state index contributed by atoms with van der Waals surface area (Å²) in [6, 6.07) is 3.48. The van der Waals surface area contributed by atoms with E-state index in [0.717, 1.165) is 24.2 Å². The quantitative estimate of drug-likeness (QED) is 0.636. The minimum Gasteiger partial charge on any atom is -0.507 e. The highest BCUT2D eigenvalue weighted by molar-refractivity contribution is 9.10. The smallest absolute Gasteiger partial charge is 0.188 e. The second kappa shape index (κ2) is 7.44. The number of methoxy groups -OCH3 is 1. The van der Waals surface area contributed by atoms with Gasteiger partial charge in [-0.2, -0.15) is 0 Å². The van der Waals surface area contributed by atoms with Gasteiger partial charge >= 0.3 is 0 Å². The zero-order chi connectivity index (χ0) is 13.5. The van der Waals surface area contributed by atoms with Crippen LogP contribution in [0.25, 0.3) is 0 Å². The lowest BCUT2D eigenvalue weighted by molar-refractivity contribution is 0.0504. The highest BCUT2D eigenvalue weighted by Gasteiger charge is 2.08. The van der Waals surface area contributed by atoms with Crippen LogP contribution in [0.4, 0.5) is 0 Å². The maximum Gasteiger partial charge on any atom is 0.188 e. The molecule has 0 radical (unpaired) electrons. The number of ether oxygens (including phenoxy) is 2. The molecule has 0 aliphatic rings. The molecule has 0 saturated heterocycles. The Kier molecular flexibility index (Phi) is 6.22. The highest BCUT2D eigenvalue weighted by Crippen LogP contribution is 2.32. The minimum absolute atomic E-state index is 0.195. The van der Waals surface area contributed by atoms with Crippen LogP contribution in [0.5, 0.6) is 11.5 Å². The van der Waals surface area contributed by atoms with Crippen molar-refractivity contribution < 1.29 is 14.6 Å². The van der Waals surface area contributed by atoms with E-state index in [-0.39, 0.29) is 12.5 Å². The van der Waals surface area contributed by atoms with E-state index in [4.69, 9.17) is 9.47 Å². The molecule has 4 heteroatoms. The molecule has 1 aromatic rings. The van der Waals surface area contributed by atoms with Gasteiger partial charge in [-0.05, 0) is 47.8 Å². The third-order valence-electron chi connectivity index (χ3n) is 2.69. The molecule has 0 spiro atoms. The lowest BCUT2D eigenvalue weighted by Gasteiger charge is -2.11. The van der Waals surface area contributed by atoms with Crippen molar-refractivity contribution in [2.24, 2.45) is 0 Å². The van der Waals surface area contributed by atoms with Crippen LogP contribution in [0.15, 0.2) is 28.3 Å². The van der Waals surface area contributed by atoms with Gasteiger partial charge in [-0.15, -0.1) is 0 Å². The van der Waals surface area contributed by atoms with Gasteiger partial charge < -0.3 is 14.6 Å². The van der Waals surface area contributed by atoms with Gasteiger partial charge in [0, 0.05) is 12.7 Å². The fourth-order valence-corrected chi connectivity index (χ4v) is 1.75. The molecular formula is C14H19BrO3. The molecule has 0 aromatic heterocycles. The molecule has 100 valence electrons. The fourth-order valence-electron chi connectivity index (χ4n) is 1.43. The van der Waals surface area contributed by atoms with Gasteiger partial charge in [-0.3, -0.25) is 0 Å². The van der Waals surface area contributed by atoms with E-state index in [2.05, 4.69) is 35.9 Å². The van der Waals surface area contributed by atoms with Gasteiger partial charge in [0.1, 0.15) is 11.5 Å². The standard InChI is InChI=1S/C14H19BrO3/c1-4-10(2)5-6-11-7-13(16)12(15)8-14(11)18-9-17-3/h5,7-8,16H,4,6,9H2,1-3H3/b10-5+. The van der Waals surface area contributed by atoms with E-state index >= 15 is 0 Å². The Hall–Kier alpha value is -1.00. The van der Waals surface area contributed by atoms with Crippen molar-refractivity contribution in [1.82, 2.24) is 0 Å². The number of aromatic hydroxyl groups is 1. The molecule has 0 bridgehead atoms. The monoisotopic (exact) mass is 314 g/mol. The Morgan fingerprint density at radius 2 is 2.17 bits per heavy atom. The first-order valence-corrected chi connectivity index (χ1v) is 6.66. The number of allylic oxidation sites excluding steroid dienone is 2. The van der Waals surface area contributed by atoms with Crippen molar-refractivity contribution in [1.29, 1.82) is 0 Å². The number of hydrogen-bond donors (Lipinski definition) is 1. The summed E-state index contributed by atoms with van der Waals surface area (Å²) < 4.78 is 11.0. The number of halogens is 1. The van der Waals surface area contributed by atoms with Crippen LogP contribution >= 0.6 is 15.9 Å². The maximum absolute atomic E-state index is 9.72. The van der Waals surface area contributed by atoms with E-state index in [0.29, 0.717) is 4.47 Å². The third kappa shape index (κ3) is 4.35. The Morgan fingerprint density at radius 3 is 2.78 bits per heavy atom. The Balaban J connectivity index is 2.95. The number of hydrogen-bond acceptors (Lipinski definition) is 3. The number of rotatable bonds is 6. The van der Waals surface area contributed by atoms with Gasteiger partial charge in [-0.1, -0.05) is 18.6 Å². The molecule has 0 aliphatic carbocycles. The molecule has 0 atom stereocenters. The van der Waals surface area contributed by atoms with E-state index in [9.17, 15) is 5.11 Å². The van der Waals surface area contributed by atoms with Crippen molar-refractivity contribution in [2.45, 2.75) is 26.7 Å². The van der Waals surface area contributed by atoms with Gasteiger partial charge in [0.15, 0.2) is 6.79 Å². The molecule has 0 saturated carbocycles. The van der Waals surface area contributed by atoms with E-state index in [1.165, 1.54) is 5.57 Å². The van der Waals surface area contributed by atoms with Crippen LogP contribution in [0.3, 0.4) is 0 Å². The average Bonchev–Trinajstić information content (AvgIpc) is 2.37. The van der Waals surface area contributed by atoms with Crippen molar-refractivity contribution >= 4 is 15.9 Å². The van der Waals surface area contributed by atoms with Gasteiger partial charge in [-0.25, -0.2) is 0 Å². The van der Waals surface area contributed by atoms with E-state index < -0.39 is 0 Å². The molecule has 1 N–H and O–H groups in total. The first kappa shape index (κ1) is 15.1. The van der Waals surface area contributed by atoms with E-state index in [1.54, 1.807) is 19.2 Å². The maximum atomic E-state index is 9.72. The van der Waals surface area contributed by atoms with Crippen LogP contribution in [-0.2, 0) is 11.2 Å². The van der Waals surface area contributed by atoms with Crippen LogP contribution in [-0.4, -0.2) is 19.0 Å². The van der Waals surface area contributed by atoms with Crippen LogP contribution in [0.2, 0.25) is 0 Å². The topological polar surface area (TPSA) is 38.7 Å². The van der Waals surface area contributed by atoms with E-state index in [1.807, 2.05) is 0 Å². The molecule has 0 fully saturated rings. The summed E-state index contributed by atoms with van der Waals surface area (Å²) in [4.78, 5) is 0. The molecule has 0 unspecified atom stereocenters. The number of phenols is 1. The normalized spacial score (nSPS) is 11.7. The summed E-state index contributed by atoms with van der Waals surface area (Å²) >= 11 is 3.28. The number of phenolic OH excluding ortho intramolecular Hbond substituents is 1. The fraction of sp³-hybridized carbons (Fsp3) is 0.429. The third-order valence-corrected chi connectivity index (χ3v) is 3.33. The van der Waals surface area contributed by atoms with Gasteiger partial charge in [0.05, 0.1) is 4.47 Å². The highest BCUT2D eigenvalue weighted by atomic mass is 79.9. The summed E-state index contributed by atoms with van der Waals surface area (Å²) in [7, 11) is 1.58. The zero-order valence-electron chi connectivity index (χ0n) is 11.0. The second-order valence-corrected chi connectivity index (χ2v) is 4.92. The molecule has 0 heterocycles. The zero-order valence-corrected chi connectivity index (χ0v) is 12.6. The van der Waals surface area contributed by atoms with Crippen molar-refractivity contribution in [3.8, 4) is 11.5 Å². The Morgan fingerprint density at radius 1 is 1.44 bits per heavy atom. The lowest BCUT2D eigenvalue weighted by Crippen LogP contribution is -2.01. The van der Waals surface area contributed by atoms with Gasteiger partial charge in [0.25, 0.3) is 0 Å². The molecule has 0 aliphatic heterocycles. The van der Waals surface area contributed by atoms with Crippen LogP contribution in [0.1, 0.15) is 25.8 Å². The Bertz CT molecular complexity index is 427. The summed E-state index contributed by atoms with van der Waals surface area (Å²) in [6.45, 7) is 4.41. The largest absolute Gasteiger partial charge is 0.507 e. The van der Waals surface area contributed by atoms with Crippen molar-refractivity contribution in [2.75, 3.05) is 13.9 Å². The first-order valence-electron chi connectivity index (χ1n) is 5.87. The first-order chi connectivity index (χ1) is 8.58. The Labute approximate surface area is 117 Å². The minimum atomic E-state index is 0.195. The van der Waals surface area contributed by atoms with Crippen molar-refractivity contribution in [3.63, 3.8) is 0 Å². The predicted molar refractivity (Wildman–Crippen MR) is 76.1 cm³/mol. The second-order valence-electron chi connectivity index (χ2n) is 4.07. The molecule has 18 heavy (non-hydrogen) atoms. The predicted octanol–water partition coefficient (Wildman–Crippen LogP) is 4.04. The molecule has 1 aromatic carbocycles. The van der Waals surface area contributed by atoms with Crippen LogP contribution < -0.4 is 4.74 Å². The summed E-state index contributed by atoms with van der Waals surface area (Å²) in [5, 5.41) is 9.72. The SMILES string of the molecule is CC/C(C)=C/Cc1cc(O)c(Br)cc1OCOC. The summed E-state index contributed by atoms with van der Waals surface area (Å²) in [5.41, 5.74) is 2.26. The van der Waals surface area contributed by atoms with Gasteiger partial charge in [0.2, 0.25) is 0 Å². The summed E-state index contributed by atoms with van der Waals surface area (Å²) in [6.07, 6.45) is 3.90. The molecular weight excluding hydrogens is 296 g/mol. The number of benzene rings is 1. The average molecular weight is 315 g/mol. The van der Waals surface area contributed by atoms with Crippen LogP contribution in [0, 0.1) is 0 Å². The molecule has 1 rings (SSSR count). The lowest BCUT2D eigenvalue weighted by atomic mass is 10.1. The molecule has 3 nitrogen and oxygen atoms in total. The van der Waals surface area contributed by atoms with Crippen molar-refractivity contribution in [3.05, 3.63) is 33.8 Å². The summed E-state index contributed by atoms with van der Waals surface area (Å²) in [5.74, 6) is 0.944.